The molecule has 0 radical (unpaired) electrons. The normalized spacial score (nSPS) is 15.2. The van der Waals surface area contributed by atoms with Crippen LogP contribution in [0.5, 0.6) is 0 Å². The molecule has 0 atom stereocenters. The Morgan fingerprint density at radius 3 is 2.60 bits per heavy atom. The largest absolute Gasteiger partial charge is 0.0801 e. The summed E-state index contributed by atoms with van der Waals surface area (Å²) in [7, 11) is 0. The number of allylic oxidation sites excluding steroid dienone is 4. The number of aryl methyl sites for hydroxylation is 2. The van der Waals surface area contributed by atoms with E-state index in [1.54, 1.807) is 0 Å². The highest BCUT2D eigenvalue weighted by atomic mass is 14.3. The first-order chi connectivity index (χ1) is 9.74. The standard InChI is InChI=1S/C20H18/c1-13-7-9-17-16(11-13)12-19-18(17)10-8-14(2)20(19)15-5-3-4-6-15/h3-5,7-11H,6,12H2,1-2H3. The molecular weight excluding hydrogens is 240 g/mol. The Bertz CT molecular complexity index is 773. The third-order valence-electron chi connectivity index (χ3n) is 4.53. The van der Waals surface area contributed by atoms with Gasteiger partial charge in [-0.05, 0) is 65.6 Å². The summed E-state index contributed by atoms with van der Waals surface area (Å²) >= 11 is 0. The Labute approximate surface area is 120 Å². The molecule has 0 heteroatoms. The lowest BCUT2D eigenvalue weighted by Gasteiger charge is -2.13. The quantitative estimate of drug-likeness (QED) is 0.561. The van der Waals surface area contributed by atoms with Crippen LogP contribution in [0.15, 0.2) is 48.6 Å². The maximum absolute atomic E-state index is 2.34. The van der Waals surface area contributed by atoms with Crippen LogP contribution in [0.4, 0.5) is 0 Å². The minimum atomic E-state index is 1.08. The predicted octanol–water partition coefficient (Wildman–Crippen LogP) is 5.22. The molecule has 0 unspecified atom stereocenters. The van der Waals surface area contributed by atoms with Crippen LogP contribution < -0.4 is 0 Å². The zero-order chi connectivity index (χ0) is 13.7. The Morgan fingerprint density at radius 2 is 1.80 bits per heavy atom. The van der Waals surface area contributed by atoms with Gasteiger partial charge in [-0.1, -0.05) is 54.1 Å². The first kappa shape index (κ1) is 11.7. The fourth-order valence-corrected chi connectivity index (χ4v) is 3.60. The van der Waals surface area contributed by atoms with Crippen LogP contribution in [0.1, 0.15) is 34.2 Å². The van der Waals surface area contributed by atoms with E-state index >= 15 is 0 Å². The number of rotatable bonds is 1. The fourth-order valence-electron chi connectivity index (χ4n) is 3.60. The van der Waals surface area contributed by atoms with Crippen molar-refractivity contribution in [2.24, 2.45) is 0 Å². The summed E-state index contributed by atoms with van der Waals surface area (Å²) in [6.45, 7) is 4.42. The highest BCUT2D eigenvalue weighted by Crippen LogP contribution is 2.42. The third-order valence-corrected chi connectivity index (χ3v) is 4.53. The van der Waals surface area contributed by atoms with Gasteiger partial charge in [0.05, 0.1) is 0 Å². The van der Waals surface area contributed by atoms with Gasteiger partial charge in [-0.15, -0.1) is 0 Å². The van der Waals surface area contributed by atoms with Crippen molar-refractivity contribution in [3.63, 3.8) is 0 Å². The molecule has 0 aliphatic heterocycles. The zero-order valence-corrected chi connectivity index (χ0v) is 12.0. The summed E-state index contributed by atoms with van der Waals surface area (Å²) in [6.07, 6.45) is 8.87. The molecule has 0 N–H and O–H groups in total. The Morgan fingerprint density at radius 1 is 0.950 bits per heavy atom. The van der Waals surface area contributed by atoms with Gasteiger partial charge in [-0.25, -0.2) is 0 Å². The Balaban J connectivity index is 1.94. The predicted molar refractivity (Wildman–Crippen MR) is 85.9 cm³/mol. The highest BCUT2D eigenvalue weighted by molar-refractivity contribution is 5.86. The minimum absolute atomic E-state index is 1.08. The number of fused-ring (bicyclic) bond motifs is 3. The monoisotopic (exact) mass is 258 g/mol. The van der Waals surface area contributed by atoms with E-state index in [1.165, 1.54) is 44.5 Å². The summed E-state index contributed by atoms with van der Waals surface area (Å²) in [6, 6.07) is 11.4. The molecule has 2 aliphatic rings. The van der Waals surface area contributed by atoms with Crippen molar-refractivity contribution in [3.05, 3.63) is 76.4 Å². The molecule has 4 rings (SSSR count). The van der Waals surface area contributed by atoms with Crippen LogP contribution in [0.3, 0.4) is 0 Å². The summed E-state index contributed by atoms with van der Waals surface area (Å²) in [5.41, 5.74) is 11.6. The van der Waals surface area contributed by atoms with Crippen LogP contribution in [0.25, 0.3) is 16.7 Å². The minimum Gasteiger partial charge on any atom is -0.0801 e. The van der Waals surface area contributed by atoms with Gasteiger partial charge in [-0.2, -0.15) is 0 Å². The maximum atomic E-state index is 2.34. The second-order valence-corrected chi connectivity index (χ2v) is 5.95. The van der Waals surface area contributed by atoms with Crippen LogP contribution in [0, 0.1) is 13.8 Å². The molecule has 0 heterocycles. The van der Waals surface area contributed by atoms with E-state index < -0.39 is 0 Å². The number of hydrogen-bond donors (Lipinski definition) is 0. The molecule has 0 saturated carbocycles. The smallest absolute Gasteiger partial charge is 0.000720 e. The van der Waals surface area contributed by atoms with Gasteiger partial charge in [0.25, 0.3) is 0 Å². The second-order valence-electron chi connectivity index (χ2n) is 5.95. The molecule has 2 aliphatic carbocycles. The fraction of sp³-hybridized carbons (Fsp3) is 0.200. The molecule has 0 spiro atoms. The number of hydrogen-bond acceptors (Lipinski definition) is 0. The number of benzene rings is 2. The summed E-state index contributed by atoms with van der Waals surface area (Å²) in [5, 5.41) is 0. The molecule has 0 aromatic heterocycles. The molecule has 0 amide bonds. The van der Waals surface area contributed by atoms with E-state index in [2.05, 4.69) is 62.4 Å². The average Bonchev–Trinajstić information content (AvgIpc) is 3.04. The molecule has 0 fully saturated rings. The lowest BCUT2D eigenvalue weighted by atomic mass is 9.91. The van der Waals surface area contributed by atoms with Gasteiger partial charge in [0, 0.05) is 0 Å². The Kier molecular flexibility index (Phi) is 2.47. The van der Waals surface area contributed by atoms with E-state index in [-0.39, 0.29) is 0 Å². The molecule has 0 saturated heterocycles. The van der Waals surface area contributed by atoms with Gasteiger partial charge >= 0.3 is 0 Å². The molecule has 20 heavy (non-hydrogen) atoms. The molecule has 0 bridgehead atoms. The van der Waals surface area contributed by atoms with Crippen LogP contribution in [-0.2, 0) is 6.42 Å². The van der Waals surface area contributed by atoms with Gasteiger partial charge in [0.2, 0.25) is 0 Å². The van der Waals surface area contributed by atoms with E-state index in [9.17, 15) is 0 Å². The lowest BCUT2D eigenvalue weighted by Crippen LogP contribution is -1.95. The second kappa shape index (κ2) is 4.21. The zero-order valence-electron chi connectivity index (χ0n) is 12.0. The molecule has 2 aromatic rings. The Hall–Kier alpha value is -2.08. The van der Waals surface area contributed by atoms with Crippen molar-refractivity contribution < 1.29 is 0 Å². The van der Waals surface area contributed by atoms with Gasteiger partial charge < -0.3 is 0 Å². The van der Waals surface area contributed by atoms with E-state index in [1.807, 2.05) is 0 Å². The summed E-state index contributed by atoms with van der Waals surface area (Å²) in [4.78, 5) is 0. The summed E-state index contributed by atoms with van der Waals surface area (Å²) in [5.74, 6) is 0. The topological polar surface area (TPSA) is 0 Å². The van der Waals surface area contributed by atoms with E-state index in [4.69, 9.17) is 0 Å². The van der Waals surface area contributed by atoms with Crippen molar-refractivity contribution in [3.8, 4) is 11.1 Å². The van der Waals surface area contributed by atoms with Crippen LogP contribution >= 0.6 is 0 Å². The van der Waals surface area contributed by atoms with Crippen molar-refractivity contribution >= 4 is 5.57 Å². The SMILES string of the molecule is Cc1ccc2c(c1)Cc1c-2ccc(C)c1C1=CC=CC1. The first-order valence-electron chi connectivity index (χ1n) is 7.32. The lowest BCUT2D eigenvalue weighted by molar-refractivity contribution is 1.21. The summed E-state index contributed by atoms with van der Waals surface area (Å²) < 4.78 is 0. The van der Waals surface area contributed by atoms with Gasteiger partial charge in [0.1, 0.15) is 0 Å². The van der Waals surface area contributed by atoms with Crippen molar-refractivity contribution in [2.45, 2.75) is 26.7 Å². The molecule has 0 nitrogen and oxygen atoms in total. The van der Waals surface area contributed by atoms with Crippen molar-refractivity contribution in [2.75, 3.05) is 0 Å². The van der Waals surface area contributed by atoms with Crippen molar-refractivity contribution in [1.29, 1.82) is 0 Å². The van der Waals surface area contributed by atoms with Gasteiger partial charge in [-0.3, -0.25) is 0 Å². The maximum Gasteiger partial charge on any atom is -0.000720 e. The van der Waals surface area contributed by atoms with E-state index in [0.717, 1.165) is 12.8 Å². The average molecular weight is 258 g/mol. The third kappa shape index (κ3) is 1.61. The van der Waals surface area contributed by atoms with Crippen LogP contribution in [0.2, 0.25) is 0 Å². The first-order valence-corrected chi connectivity index (χ1v) is 7.32. The molecular formula is C20H18. The highest BCUT2D eigenvalue weighted by Gasteiger charge is 2.23. The van der Waals surface area contributed by atoms with E-state index in [0.29, 0.717) is 0 Å². The van der Waals surface area contributed by atoms with Crippen LogP contribution in [-0.4, -0.2) is 0 Å². The molecule has 98 valence electrons. The molecule has 2 aromatic carbocycles. The van der Waals surface area contributed by atoms with Gasteiger partial charge in [0.15, 0.2) is 0 Å². The van der Waals surface area contributed by atoms with Crippen molar-refractivity contribution in [1.82, 2.24) is 0 Å².